The topological polar surface area (TPSA) is 29.5 Å². The van der Waals surface area contributed by atoms with E-state index in [0.717, 1.165) is 30.6 Å². The van der Waals surface area contributed by atoms with Crippen LogP contribution in [0.2, 0.25) is 0 Å². The number of rotatable bonds is 3. The van der Waals surface area contributed by atoms with E-state index in [1.54, 1.807) is 13.2 Å². The van der Waals surface area contributed by atoms with Gasteiger partial charge in [0.2, 0.25) is 0 Å². The van der Waals surface area contributed by atoms with Crippen LogP contribution < -0.4 is 4.74 Å². The molecule has 116 valence electrons. The molecule has 0 heterocycles. The van der Waals surface area contributed by atoms with Gasteiger partial charge in [-0.2, -0.15) is 0 Å². The molecule has 2 unspecified atom stereocenters. The zero-order valence-corrected chi connectivity index (χ0v) is 15.9. The third-order valence-electron chi connectivity index (χ3n) is 4.69. The van der Waals surface area contributed by atoms with Gasteiger partial charge >= 0.3 is 0 Å². The number of allylic oxidation sites excluding steroid dienone is 1. The predicted molar refractivity (Wildman–Crippen MR) is 94.4 cm³/mol. The maximum absolute atomic E-state index is 9.96. The monoisotopic (exact) mass is 416 g/mol. The molecule has 0 amide bonds. The minimum absolute atomic E-state index is 0.128. The first-order valence-electron chi connectivity index (χ1n) is 7.14. The van der Waals surface area contributed by atoms with Crippen LogP contribution in [0.25, 0.3) is 0 Å². The summed E-state index contributed by atoms with van der Waals surface area (Å²) in [5.41, 5.74) is 2.45. The summed E-state index contributed by atoms with van der Waals surface area (Å²) in [7, 11) is 1.66. The standard InChI is InChI=1S/C17H22Br2O2/c1-10-5-6-16(19)17(2,3)12(10)7-11-8-14(20)13(18)9-15(11)21-4/h8-9,12,16,20H,1,5-7H2,2-4H3. The summed E-state index contributed by atoms with van der Waals surface area (Å²) in [5, 5.41) is 9.96. The molecule has 2 rings (SSSR count). The molecule has 1 fully saturated rings. The fourth-order valence-corrected chi connectivity index (χ4v) is 4.04. The molecule has 2 atom stereocenters. The van der Waals surface area contributed by atoms with Gasteiger partial charge in [-0.25, -0.2) is 0 Å². The Labute approximate surface area is 143 Å². The fourth-order valence-electron chi connectivity index (χ4n) is 3.17. The van der Waals surface area contributed by atoms with Crippen LogP contribution in [-0.2, 0) is 6.42 Å². The number of hydrogen-bond acceptors (Lipinski definition) is 2. The van der Waals surface area contributed by atoms with Crippen molar-refractivity contribution in [3.63, 3.8) is 0 Å². The molecule has 21 heavy (non-hydrogen) atoms. The van der Waals surface area contributed by atoms with Gasteiger partial charge in [-0.05, 0) is 64.2 Å². The van der Waals surface area contributed by atoms with E-state index in [4.69, 9.17) is 4.74 Å². The maximum Gasteiger partial charge on any atom is 0.130 e. The summed E-state index contributed by atoms with van der Waals surface area (Å²) in [6, 6.07) is 3.62. The molecule has 0 saturated heterocycles. The number of benzene rings is 1. The van der Waals surface area contributed by atoms with Crippen LogP contribution in [-0.4, -0.2) is 17.0 Å². The Bertz CT molecular complexity index is 552. The molecular formula is C17H22Br2O2. The van der Waals surface area contributed by atoms with Crippen molar-refractivity contribution in [1.29, 1.82) is 0 Å². The van der Waals surface area contributed by atoms with Crippen molar-refractivity contribution >= 4 is 31.9 Å². The second-order valence-corrected chi connectivity index (χ2v) is 8.32. The minimum atomic E-state index is 0.128. The molecule has 1 saturated carbocycles. The first kappa shape index (κ1) is 16.9. The lowest BCUT2D eigenvalue weighted by molar-refractivity contribution is 0.201. The van der Waals surface area contributed by atoms with E-state index in [9.17, 15) is 5.11 Å². The van der Waals surface area contributed by atoms with E-state index in [-0.39, 0.29) is 11.2 Å². The smallest absolute Gasteiger partial charge is 0.130 e. The van der Waals surface area contributed by atoms with Crippen LogP contribution in [0.1, 0.15) is 32.3 Å². The van der Waals surface area contributed by atoms with Gasteiger partial charge in [0, 0.05) is 4.83 Å². The van der Waals surface area contributed by atoms with Gasteiger partial charge in [-0.15, -0.1) is 0 Å². The highest BCUT2D eigenvalue weighted by atomic mass is 79.9. The van der Waals surface area contributed by atoms with E-state index in [2.05, 4.69) is 52.3 Å². The number of aromatic hydroxyl groups is 1. The number of phenolic OH excluding ortho intramolecular Hbond substituents is 1. The molecule has 0 aliphatic heterocycles. The fraction of sp³-hybridized carbons (Fsp3) is 0.529. The zero-order chi connectivity index (χ0) is 15.8. The van der Waals surface area contributed by atoms with E-state index < -0.39 is 0 Å². The summed E-state index contributed by atoms with van der Waals surface area (Å²) in [6.07, 6.45) is 3.01. The average molecular weight is 418 g/mol. The van der Waals surface area contributed by atoms with Gasteiger partial charge in [0.25, 0.3) is 0 Å². The number of hydrogen-bond donors (Lipinski definition) is 1. The molecule has 0 spiro atoms. The summed E-state index contributed by atoms with van der Waals surface area (Å²) in [5.74, 6) is 1.42. The first-order valence-corrected chi connectivity index (χ1v) is 8.85. The Morgan fingerprint density at radius 3 is 2.71 bits per heavy atom. The lowest BCUT2D eigenvalue weighted by Gasteiger charge is -2.44. The van der Waals surface area contributed by atoms with Crippen LogP contribution in [0.15, 0.2) is 28.8 Å². The van der Waals surface area contributed by atoms with Crippen molar-refractivity contribution in [3.8, 4) is 11.5 Å². The first-order chi connectivity index (χ1) is 9.77. The van der Waals surface area contributed by atoms with Crippen LogP contribution in [0.5, 0.6) is 11.5 Å². The van der Waals surface area contributed by atoms with E-state index in [0.29, 0.717) is 15.2 Å². The Morgan fingerprint density at radius 2 is 2.10 bits per heavy atom. The van der Waals surface area contributed by atoms with Gasteiger partial charge in [0.15, 0.2) is 0 Å². The van der Waals surface area contributed by atoms with Crippen molar-refractivity contribution in [3.05, 3.63) is 34.3 Å². The van der Waals surface area contributed by atoms with Crippen LogP contribution in [0.4, 0.5) is 0 Å². The van der Waals surface area contributed by atoms with Crippen molar-refractivity contribution in [1.82, 2.24) is 0 Å². The lowest BCUT2D eigenvalue weighted by Crippen LogP contribution is -2.39. The molecule has 2 nitrogen and oxygen atoms in total. The third kappa shape index (κ3) is 3.31. The van der Waals surface area contributed by atoms with Crippen LogP contribution in [0, 0.1) is 11.3 Å². The summed E-state index contributed by atoms with van der Waals surface area (Å²) >= 11 is 7.16. The predicted octanol–water partition coefficient (Wildman–Crippen LogP) is 5.46. The summed E-state index contributed by atoms with van der Waals surface area (Å²) < 4.78 is 6.13. The SMILES string of the molecule is C=C1CCC(Br)C(C)(C)C1Cc1cc(O)c(Br)cc1OC. The van der Waals surface area contributed by atoms with Gasteiger partial charge in [0.1, 0.15) is 11.5 Å². The van der Waals surface area contributed by atoms with Gasteiger partial charge < -0.3 is 9.84 Å². The zero-order valence-electron chi connectivity index (χ0n) is 12.7. The van der Waals surface area contributed by atoms with Crippen LogP contribution in [0.3, 0.4) is 0 Å². The highest BCUT2D eigenvalue weighted by molar-refractivity contribution is 9.10. The molecule has 1 aromatic rings. The number of alkyl halides is 1. The van der Waals surface area contributed by atoms with Gasteiger partial charge in [-0.1, -0.05) is 41.9 Å². The Balaban J connectivity index is 2.36. The molecule has 0 aromatic heterocycles. The lowest BCUT2D eigenvalue weighted by atomic mass is 9.64. The molecule has 4 heteroatoms. The number of phenols is 1. The molecule has 1 aliphatic rings. The van der Waals surface area contributed by atoms with Crippen molar-refractivity contribution in [2.75, 3.05) is 7.11 Å². The quantitative estimate of drug-likeness (QED) is 0.522. The van der Waals surface area contributed by atoms with Crippen molar-refractivity contribution in [2.45, 2.75) is 37.9 Å². The molecule has 0 bridgehead atoms. The second-order valence-electron chi connectivity index (χ2n) is 6.36. The van der Waals surface area contributed by atoms with Crippen LogP contribution >= 0.6 is 31.9 Å². The molecule has 1 aliphatic carbocycles. The normalized spacial score (nSPS) is 24.9. The average Bonchev–Trinajstić information content (AvgIpc) is 2.43. The summed E-state index contributed by atoms with van der Waals surface area (Å²) in [6.45, 7) is 8.85. The minimum Gasteiger partial charge on any atom is -0.507 e. The molecule has 1 aromatic carbocycles. The van der Waals surface area contributed by atoms with E-state index in [1.165, 1.54) is 5.57 Å². The molecule has 0 radical (unpaired) electrons. The Morgan fingerprint density at radius 1 is 1.43 bits per heavy atom. The van der Waals surface area contributed by atoms with Gasteiger partial charge in [-0.3, -0.25) is 0 Å². The van der Waals surface area contributed by atoms with Crippen molar-refractivity contribution < 1.29 is 9.84 Å². The Hall–Kier alpha value is -0.480. The summed E-state index contributed by atoms with van der Waals surface area (Å²) in [4.78, 5) is 0.482. The highest BCUT2D eigenvalue weighted by Crippen LogP contribution is 2.49. The number of ether oxygens (including phenoxy) is 1. The maximum atomic E-state index is 9.96. The Kier molecular flexibility index (Phi) is 5.09. The second kappa shape index (κ2) is 6.33. The largest absolute Gasteiger partial charge is 0.507 e. The number of halogens is 2. The molecular weight excluding hydrogens is 396 g/mol. The van der Waals surface area contributed by atoms with E-state index in [1.807, 2.05) is 6.07 Å². The number of methoxy groups -OCH3 is 1. The van der Waals surface area contributed by atoms with E-state index >= 15 is 0 Å². The molecule has 1 N–H and O–H groups in total. The van der Waals surface area contributed by atoms with Gasteiger partial charge in [0.05, 0.1) is 11.6 Å². The third-order valence-corrected chi connectivity index (χ3v) is 6.96. The highest BCUT2D eigenvalue weighted by Gasteiger charge is 2.41. The van der Waals surface area contributed by atoms with Crippen molar-refractivity contribution in [2.24, 2.45) is 11.3 Å².